The smallest absolute Gasteiger partial charge is 0.338 e. The van der Waals surface area contributed by atoms with Crippen LogP contribution in [0, 0.1) is 0 Å². The average molecular weight is 273 g/mol. The first-order chi connectivity index (χ1) is 8.91. The number of imidazole rings is 1. The highest BCUT2D eigenvalue weighted by Gasteiger charge is 2.34. The lowest BCUT2D eigenvalue weighted by Gasteiger charge is -2.31. The third-order valence-electron chi connectivity index (χ3n) is 3.20. The van der Waals surface area contributed by atoms with E-state index in [0.29, 0.717) is 19.5 Å². The van der Waals surface area contributed by atoms with Crippen molar-refractivity contribution in [2.45, 2.75) is 24.9 Å². The van der Waals surface area contributed by atoms with Crippen molar-refractivity contribution < 1.29 is 18.0 Å². The number of amides is 1. The van der Waals surface area contributed by atoms with Crippen LogP contribution in [-0.2, 0) is 11.0 Å². The maximum Gasteiger partial charge on any atom is 0.432 e. The van der Waals surface area contributed by atoms with Gasteiger partial charge in [0.15, 0.2) is 0 Å². The van der Waals surface area contributed by atoms with Crippen molar-refractivity contribution in [3.8, 4) is 0 Å². The molecule has 0 aliphatic carbocycles. The number of alkyl halides is 3. The molecule has 1 fully saturated rings. The molecule has 0 spiro atoms. The van der Waals surface area contributed by atoms with Crippen LogP contribution in [0.2, 0.25) is 0 Å². The van der Waals surface area contributed by atoms with Crippen LogP contribution in [0.25, 0.3) is 0 Å². The van der Waals surface area contributed by atoms with Gasteiger partial charge >= 0.3 is 6.18 Å². The summed E-state index contributed by atoms with van der Waals surface area (Å²) in [4.78, 5) is 19.2. The van der Waals surface area contributed by atoms with Crippen LogP contribution in [0.15, 0.2) is 18.9 Å². The minimum atomic E-state index is -4.42. The summed E-state index contributed by atoms with van der Waals surface area (Å²) in [5, 5.41) is 0. The molecule has 2 heterocycles. The monoisotopic (exact) mass is 273 g/mol. The molecule has 0 unspecified atom stereocenters. The number of hydrogen-bond acceptors (Lipinski definition) is 2. The molecule has 1 saturated heterocycles. The number of piperidine rings is 1. The molecule has 0 aromatic carbocycles. The van der Waals surface area contributed by atoms with Gasteiger partial charge < -0.3 is 9.88 Å². The van der Waals surface area contributed by atoms with Crippen LogP contribution in [0.4, 0.5) is 13.2 Å². The molecule has 7 heteroatoms. The zero-order valence-electron chi connectivity index (χ0n) is 10.2. The maximum absolute atomic E-state index is 12.5. The second-order valence-electron chi connectivity index (χ2n) is 4.51. The predicted octanol–water partition coefficient (Wildman–Crippen LogP) is 2.32. The number of H-pyrrole nitrogens is 1. The van der Waals surface area contributed by atoms with E-state index in [1.165, 1.54) is 6.08 Å². The van der Waals surface area contributed by atoms with E-state index in [2.05, 4.69) is 16.5 Å². The van der Waals surface area contributed by atoms with Gasteiger partial charge in [-0.1, -0.05) is 6.58 Å². The number of aromatic nitrogens is 2. The molecule has 0 radical (unpaired) electrons. The van der Waals surface area contributed by atoms with Crippen molar-refractivity contribution in [1.82, 2.24) is 14.9 Å². The minimum absolute atomic E-state index is 0.186. The van der Waals surface area contributed by atoms with Crippen molar-refractivity contribution in [2.24, 2.45) is 0 Å². The standard InChI is InChI=1S/C12H14F3N3O/c1-2-10(19)18-5-3-4-8(7-18)11-16-6-9(17-11)12(13,14)15/h2,6,8H,1,3-5,7H2,(H,16,17)/t8-/m1/s1. The molecule has 0 bridgehead atoms. The Morgan fingerprint density at radius 2 is 2.32 bits per heavy atom. The minimum Gasteiger partial charge on any atom is -0.338 e. The zero-order chi connectivity index (χ0) is 14.0. The van der Waals surface area contributed by atoms with Gasteiger partial charge in [-0.2, -0.15) is 13.2 Å². The largest absolute Gasteiger partial charge is 0.432 e. The van der Waals surface area contributed by atoms with Crippen molar-refractivity contribution in [2.75, 3.05) is 13.1 Å². The third kappa shape index (κ3) is 2.97. The summed E-state index contributed by atoms with van der Waals surface area (Å²) in [6.07, 6.45) is -0.955. The molecule has 1 aromatic rings. The quantitative estimate of drug-likeness (QED) is 0.841. The molecular formula is C12H14F3N3O. The number of nitrogens with one attached hydrogen (secondary N) is 1. The number of carbonyl (C=O) groups excluding carboxylic acids is 1. The summed E-state index contributed by atoms with van der Waals surface area (Å²) < 4.78 is 37.4. The normalized spacial score (nSPS) is 20.4. The van der Waals surface area contributed by atoms with Gasteiger partial charge in [-0.3, -0.25) is 4.79 Å². The molecular weight excluding hydrogens is 259 g/mol. The van der Waals surface area contributed by atoms with Crippen LogP contribution in [-0.4, -0.2) is 33.9 Å². The number of halogens is 3. The first kappa shape index (κ1) is 13.6. The molecule has 1 amide bonds. The Morgan fingerprint density at radius 1 is 1.58 bits per heavy atom. The van der Waals surface area contributed by atoms with Crippen molar-refractivity contribution in [3.63, 3.8) is 0 Å². The summed E-state index contributed by atoms with van der Waals surface area (Å²) in [5.74, 6) is -0.102. The lowest BCUT2D eigenvalue weighted by Crippen LogP contribution is -2.38. The molecule has 0 saturated carbocycles. The number of nitrogens with zero attached hydrogens (tertiary/aromatic N) is 2. The first-order valence-electron chi connectivity index (χ1n) is 5.95. The fourth-order valence-electron chi connectivity index (χ4n) is 2.22. The highest BCUT2D eigenvalue weighted by molar-refractivity contribution is 5.87. The van der Waals surface area contributed by atoms with Gasteiger partial charge in [0.05, 0.1) is 6.20 Å². The van der Waals surface area contributed by atoms with E-state index in [1.807, 2.05) is 0 Å². The van der Waals surface area contributed by atoms with Crippen molar-refractivity contribution in [1.29, 1.82) is 0 Å². The van der Waals surface area contributed by atoms with E-state index >= 15 is 0 Å². The Hall–Kier alpha value is -1.79. The fourth-order valence-corrected chi connectivity index (χ4v) is 2.22. The van der Waals surface area contributed by atoms with E-state index < -0.39 is 11.9 Å². The topological polar surface area (TPSA) is 49.0 Å². The zero-order valence-corrected chi connectivity index (χ0v) is 10.2. The van der Waals surface area contributed by atoms with Gasteiger partial charge in [0, 0.05) is 19.0 Å². The van der Waals surface area contributed by atoms with Gasteiger partial charge in [0.2, 0.25) is 5.91 Å². The highest BCUT2D eigenvalue weighted by atomic mass is 19.4. The highest BCUT2D eigenvalue weighted by Crippen LogP contribution is 2.30. The number of hydrogen-bond donors (Lipinski definition) is 1. The Labute approximate surface area is 108 Å². The summed E-state index contributed by atoms with van der Waals surface area (Å²) in [7, 11) is 0. The van der Waals surface area contributed by atoms with E-state index in [-0.39, 0.29) is 17.6 Å². The molecule has 1 aromatic heterocycles. The molecule has 1 atom stereocenters. The molecule has 1 N–H and O–H groups in total. The SMILES string of the molecule is C=CC(=O)N1CCC[C@@H](c2ncc(C(F)(F)F)[nH]2)C1. The van der Waals surface area contributed by atoms with Gasteiger partial charge in [0.25, 0.3) is 0 Å². The number of likely N-dealkylation sites (tertiary alicyclic amines) is 1. The van der Waals surface area contributed by atoms with Crippen LogP contribution in [0.3, 0.4) is 0 Å². The predicted molar refractivity (Wildman–Crippen MR) is 62.3 cm³/mol. The molecule has 1 aliphatic heterocycles. The van der Waals surface area contributed by atoms with Crippen LogP contribution in [0.1, 0.15) is 30.3 Å². The second-order valence-corrected chi connectivity index (χ2v) is 4.51. The summed E-state index contributed by atoms with van der Waals surface area (Å²) in [6, 6.07) is 0. The first-order valence-corrected chi connectivity index (χ1v) is 5.95. The molecule has 104 valence electrons. The number of aromatic amines is 1. The van der Waals surface area contributed by atoms with Crippen LogP contribution < -0.4 is 0 Å². The molecule has 19 heavy (non-hydrogen) atoms. The van der Waals surface area contributed by atoms with Gasteiger partial charge in [-0.15, -0.1) is 0 Å². The van der Waals surface area contributed by atoms with E-state index in [1.54, 1.807) is 4.90 Å². The summed E-state index contributed by atoms with van der Waals surface area (Å²) in [6.45, 7) is 4.38. The van der Waals surface area contributed by atoms with E-state index in [4.69, 9.17) is 0 Å². The van der Waals surface area contributed by atoms with Crippen molar-refractivity contribution >= 4 is 5.91 Å². The molecule has 4 nitrogen and oxygen atoms in total. The molecule has 2 rings (SSSR count). The van der Waals surface area contributed by atoms with Crippen LogP contribution >= 0.6 is 0 Å². The Bertz CT molecular complexity index is 481. The van der Waals surface area contributed by atoms with Gasteiger partial charge in [-0.05, 0) is 18.9 Å². The lowest BCUT2D eigenvalue weighted by atomic mass is 9.97. The number of carbonyl (C=O) groups is 1. The second kappa shape index (κ2) is 5.07. The Balaban J connectivity index is 2.11. The van der Waals surface area contributed by atoms with Crippen LogP contribution in [0.5, 0.6) is 0 Å². The van der Waals surface area contributed by atoms with E-state index in [0.717, 1.165) is 12.6 Å². The average Bonchev–Trinajstić information content (AvgIpc) is 2.87. The summed E-state index contributed by atoms with van der Waals surface area (Å²) >= 11 is 0. The van der Waals surface area contributed by atoms with Gasteiger partial charge in [0.1, 0.15) is 11.5 Å². The lowest BCUT2D eigenvalue weighted by molar-refractivity contribution is -0.141. The Morgan fingerprint density at radius 3 is 2.89 bits per heavy atom. The molecule has 1 aliphatic rings. The maximum atomic E-state index is 12.5. The fraction of sp³-hybridized carbons (Fsp3) is 0.500. The summed E-state index contributed by atoms with van der Waals surface area (Å²) in [5.41, 5.74) is -0.852. The third-order valence-corrected chi connectivity index (χ3v) is 3.20. The number of rotatable bonds is 2. The van der Waals surface area contributed by atoms with Crippen molar-refractivity contribution in [3.05, 3.63) is 30.4 Å². The Kier molecular flexibility index (Phi) is 3.64. The van der Waals surface area contributed by atoms with E-state index in [9.17, 15) is 18.0 Å². The van der Waals surface area contributed by atoms with Gasteiger partial charge in [-0.25, -0.2) is 4.98 Å².